The molecule has 3 aromatic rings. The van der Waals surface area contributed by atoms with Gasteiger partial charge in [-0.3, -0.25) is 4.79 Å². The molecule has 1 N–H and O–H groups in total. The van der Waals surface area contributed by atoms with E-state index in [1.807, 2.05) is 62.5 Å². The molecule has 0 radical (unpaired) electrons. The highest BCUT2D eigenvalue weighted by Crippen LogP contribution is 2.25. The number of ether oxygens (including phenoxy) is 2. The average molecular weight is 439 g/mol. The Kier molecular flexibility index (Phi) is 6.48. The van der Waals surface area contributed by atoms with Crippen LogP contribution in [0.4, 0.5) is 10.9 Å². The lowest BCUT2D eigenvalue weighted by Crippen LogP contribution is -2.44. The molecule has 31 heavy (non-hydrogen) atoms. The van der Waals surface area contributed by atoms with Crippen molar-refractivity contribution in [2.45, 2.75) is 26.9 Å². The highest BCUT2D eigenvalue weighted by atomic mass is 32.1. The van der Waals surface area contributed by atoms with Crippen LogP contribution in [0.3, 0.4) is 0 Å². The zero-order valence-corrected chi connectivity index (χ0v) is 18.7. The van der Waals surface area contributed by atoms with Gasteiger partial charge in [-0.1, -0.05) is 24.3 Å². The summed E-state index contributed by atoms with van der Waals surface area (Å²) in [5.41, 5.74) is 3.80. The predicted molar refractivity (Wildman–Crippen MR) is 121 cm³/mol. The highest BCUT2D eigenvalue weighted by Gasteiger charge is 2.27. The van der Waals surface area contributed by atoms with Gasteiger partial charge in [-0.25, -0.2) is 9.97 Å². The SMILES string of the molecule is Cc1csc(Nc2cccc(C3CN(C(=O)COc4c(C)cccc4C)CCO3)n2)n1. The number of nitrogens with zero attached hydrogens (tertiary/aromatic N) is 3. The summed E-state index contributed by atoms with van der Waals surface area (Å²) in [6, 6.07) is 11.7. The monoisotopic (exact) mass is 438 g/mol. The third-order valence-corrected chi connectivity index (χ3v) is 6.00. The Hall–Kier alpha value is -2.97. The van der Waals surface area contributed by atoms with Gasteiger partial charge in [0.2, 0.25) is 0 Å². The van der Waals surface area contributed by atoms with Crippen LogP contribution < -0.4 is 10.1 Å². The number of anilines is 2. The number of carbonyl (C=O) groups excluding carboxylic acids is 1. The average Bonchev–Trinajstić information content (AvgIpc) is 3.18. The molecule has 8 heteroatoms. The van der Waals surface area contributed by atoms with Gasteiger partial charge in [0, 0.05) is 11.9 Å². The molecule has 0 aliphatic carbocycles. The van der Waals surface area contributed by atoms with Gasteiger partial charge in [-0.2, -0.15) is 0 Å². The molecule has 1 amide bonds. The minimum Gasteiger partial charge on any atom is -0.483 e. The zero-order valence-electron chi connectivity index (χ0n) is 17.9. The van der Waals surface area contributed by atoms with E-state index in [2.05, 4.69) is 15.3 Å². The third-order valence-electron chi connectivity index (χ3n) is 5.12. The first-order valence-corrected chi connectivity index (χ1v) is 11.1. The summed E-state index contributed by atoms with van der Waals surface area (Å²) in [6.45, 7) is 7.39. The maximum absolute atomic E-state index is 12.8. The minimum absolute atomic E-state index is 0.0107. The number of aromatic nitrogens is 2. The van der Waals surface area contributed by atoms with Crippen LogP contribution in [0, 0.1) is 20.8 Å². The largest absolute Gasteiger partial charge is 0.483 e. The Balaban J connectivity index is 1.39. The minimum atomic E-state index is -0.280. The number of thiazole rings is 1. The highest BCUT2D eigenvalue weighted by molar-refractivity contribution is 7.13. The van der Waals surface area contributed by atoms with Crippen molar-refractivity contribution in [1.82, 2.24) is 14.9 Å². The summed E-state index contributed by atoms with van der Waals surface area (Å²) >= 11 is 1.54. The van der Waals surface area contributed by atoms with Gasteiger partial charge in [0.15, 0.2) is 11.7 Å². The van der Waals surface area contributed by atoms with Crippen molar-refractivity contribution in [1.29, 1.82) is 0 Å². The summed E-state index contributed by atoms with van der Waals surface area (Å²) in [5.74, 6) is 1.43. The van der Waals surface area contributed by atoms with E-state index in [0.717, 1.165) is 33.4 Å². The Bertz CT molecular complexity index is 1050. The summed E-state index contributed by atoms with van der Waals surface area (Å²) in [5, 5.41) is 6.01. The molecule has 1 saturated heterocycles. The number of rotatable bonds is 6. The number of hydrogen-bond acceptors (Lipinski definition) is 7. The van der Waals surface area contributed by atoms with Crippen molar-refractivity contribution >= 4 is 28.2 Å². The number of morpholine rings is 1. The normalized spacial score (nSPS) is 16.2. The zero-order chi connectivity index (χ0) is 21.8. The van der Waals surface area contributed by atoms with Crippen molar-refractivity contribution in [3.8, 4) is 5.75 Å². The van der Waals surface area contributed by atoms with Crippen LogP contribution in [0.2, 0.25) is 0 Å². The molecular formula is C23H26N4O3S. The molecule has 4 rings (SSSR count). The number of para-hydroxylation sites is 1. The first-order chi connectivity index (χ1) is 15.0. The number of amides is 1. The van der Waals surface area contributed by atoms with Gasteiger partial charge in [0.1, 0.15) is 17.7 Å². The standard InChI is InChI=1S/C23H26N4O3S/c1-15-6-4-7-16(2)22(15)30-13-21(28)27-10-11-29-19(12-27)18-8-5-9-20(25-18)26-23-24-17(3)14-31-23/h4-9,14,19H,10-13H2,1-3H3,(H,24,25,26). The van der Waals surface area contributed by atoms with E-state index in [1.54, 1.807) is 4.90 Å². The smallest absolute Gasteiger partial charge is 0.260 e. The number of carbonyl (C=O) groups is 1. The maximum atomic E-state index is 12.8. The molecule has 1 unspecified atom stereocenters. The Morgan fingerprint density at radius 2 is 1.97 bits per heavy atom. The van der Waals surface area contributed by atoms with Gasteiger partial charge in [-0.15, -0.1) is 11.3 Å². The molecule has 0 saturated carbocycles. The first kappa shape index (κ1) is 21.3. The second-order valence-corrected chi connectivity index (χ2v) is 8.43. The van der Waals surface area contributed by atoms with E-state index in [9.17, 15) is 4.79 Å². The number of pyridine rings is 1. The Morgan fingerprint density at radius 3 is 2.71 bits per heavy atom. The molecule has 7 nitrogen and oxygen atoms in total. The Labute approximate surface area is 186 Å². The molecule has 3 heterocycles. The number of aryl methyl sites for hydroxylation is 3. The number of hydrogen-bond donors (Lipinski definition) is 1. The fourth-order valence-corrected chi connectivity index (χ4v) is 4.22. The van der Waals surface area contributed by atoms with Crippen molar-refractivity contribution in [3.63, 3.8) is 0 Å². The van der Waals surface area contributed by atoms with E-state index in [4.69, 9.17) is 9.47 Å². The Morgan fingerprint density at radius 1 is 1.19 bits per heavy atom. The topological polar surface area (TPSA) is 76.6 Å². The summed E-state index contributed by atoms with van der Waals surface area (Å²) in [4.78, 5) is 23.7. The van der Waals surface area contributed by atoms with Crippen LogP contribution in [0.5, 0.6) is 5.75 Å². The molecule has 162 valence electrons. The number of benzene rings is 1. The third kappa shape index (κ3) is 5.21. The second kappa shape index (κ2) is 9.45. The van der Waals surface area contributed by atoms with Gasteiger partial charge in [0.25, 0.3) is 5.91 Å². The van der Waals surface area contributed by atoms with Gasteiger partial charge in [-0.05, 0) is 44.0 Å². The lowest BCUT2D eigenvalue weighted by Gasteiger charge is -2.32. The van der Waals surface area contributed by atoms with E-state index in [1.165, 1.54) is 11.3 Å². The van der Waals surface area contributed by atoms with Crippen molar-refractivity contribution in [2.75, 3.05) is 31.6 Å². The van der Waals surface area contributed by atoms with Gasteiger partial charge in [0.05, 0.1) is 24.5 Å². The molecule has 2 aromatic heterocycles. The van der Waals surface area contributed by atoms with E-state index in [-0.39, 0.29) is 18.6 Å². The molecule has 1 atom stereocenters. The van der Waals surface area contributed by atoms with Crippen LogP contribution in [-0.4, -0.2) is 47.1 Å². The quantitative estimate of drug-likeness (QED) is 0.622. The van der Waals surface area contributed by atoms with Gasteiger partial charge >= 0.3 is 0 Å². The summed E-state index contributed by atoms with van der Waals surface area (Å²) in [6.07, 6.45) is -0.280. The van der Waals surface area contributed by atoms with Crippen LogP contribution in [0.1, 0.15) is 28.6 Å². The second-order valence-electron chi connectivity index (χ2n) is 7.58. The van der Waals surface area contributed by atoms with E-state index >= 15 is 0 Å². The van der Waals surface area contributed by atoms with Crippen LogP contribution in [0.15, 0.2) is 41.8 Å². The summed E-state index contributed by atoms with van der Waals surface area (Å²) in [7, 11) is 0. The summed E-state index contributed by atoms with van der Waals surface area (Å²) < 4.78 is 11.8. The van der Waals surface area contributed by atoms with Crippen LogP contribution in [0.25, 0.3) is 0 Å². The van der Waals surface area contributed by atoms with Crippen LogP contribution >= 0.6 is 11.3 Å². The number of nitrogens with one attached hydrogen (secondary N) is 1. The van der Waals surface area contributed by atoms with Crippen LogP contribution in [-0.2, 0) is 9.53 Å². The van der Waals surface area contributed by atoms with Crippen molar-refractivity contribution in [2.24, 2.45) is 0 Å². The molecule has 1 aliphatic rings. The first-order valence-electron chi connectivity index (χ1n) is 10.2. The molecule has 1 fully saturated rings. The maximum Gasteiger partial charge on any atom is 0.260 e. The lowest BCUT2D eigenvalue weighted by atomic mass is 10.1. The van der Waals surface area contributed by atoms with Crippen molar-refractivity contribution in [3.05, 3.63) is 64.3 Å². The van der Waals surface area contributed by atoms with Gasteiger partial charge < -0.3 is 19.7 Å². The molecule has 1 aromatic carbocycles. The molecule has 0 spiro atoms. The molecule has 0 bridgehead atoms. The molecular weight excluding hydrogens is 412 g/mol. The van der Waals surface area contributed by atoms with E-state index < -0.39 is 0 Å². The fourth-order valence-electron chi connectivity index (χ4n) is 3.53. The fraction of sp³-hybridized carbons (Fsp3) is 0.348. The predicted octanol–water partition coefficient (Wildman–Crippen LogP) is 4.19. The van der Waals surface area contributed by atoms with Crippen molar-refractivity contribution < 1.29 is 14.3 Å². The van der Waals surface area contributed by atoms with E-state index in [0.29, 0.717) is 25.5 Å². The lowest BCUT2D eigenvalue weighted by molar-refractivity contribution is -0.141. The molecule has 1 aliphatic heterocycles.